The molecule has 2 saturated heterocycles. The average Bonchev–Trinajstić information content (AvgIpc) is 2.38. The van der Waals surface area contributed by atoms with E-state index in [4.69, 9.17) is 4.74 Å². The Labute approximate surface area is 103 Å². The van der Waals surface area contributed by atoms with Gasteiger partial charge in [0.25, 0.3) is 0 Å². The molecule has 17 heavy (non-hydrogen) atoms. The van der Waals surface area contributed by atoms with Crippen LogP contribution in [0.2, 0.25) is 0 Å². The van der Waals surface area contributed by atoms with Crippen LogP contribution >= 0.6 is 0 Å². The Morgan fingerprint density at radius 2 is 2.12 bits per heavy atom. The maximum atomic E-state index is 12.8. The molecule has 0 aromatic rings. The summed E-state index contributed by atoms with van der Waals surface area (Å²) < 4.78 is 18.6. The van der Waals surface area contributed by atoms with Crippen LogP contribution in [0.25, 0.3) is 0 Å². The Balaban J connectivity index is 2.08. The van der Waals surface area contributed by atoms with Gasteiger partial charge in [0, 0.05) is 11.3 Å². The molecular formula is C14H23FO2. The van der Waals surface area contributed by atoms with Crippen molar-refractivity contribution in [2.24, 2.45) is 17.3 Å². The summed E-state index contributed by atoms with van der Waals surface area (Å²) in [4.78, 5) is 12.4. The number of carbonyl (C=O) groups is 1. The van der Waals surface area contributed by atoms with Crippen molar-refractivity contribution in [1.82, 2.24) is 0 Å². The van der Waals surface area contributed by atoms with Gasteiger partial charge < -0.3 is 4.74 Å². The van der Waals surface area contributed by atoms with E-state index in [2.05, 4.69) is 0 Å². The number of hydrogen-bond acceptors (Lipinski definition) is 2. The van der Waals surface area contributed by atoms with E-state index < -0.39 is 0 Å². The van der Waals surface area contributed by atoms with Crippen molar-refractivity contribution in [2.45, 2.75) is 58.7 Å². The Morgan fingerprint density at radius 1 is 1.41 bits per heavy atom. The van der Waals surface area contributed by atoms with Crippen LogP contribution in [0.15, 0.2) is 0 Å². The third-order valence-corrected chi connectivity index (χ3v) is 4.71. The lowest BCUT2D eigenvalue weighted by Crippen LogP contribution is -2.53. The molecule has 4 atom stereocenters. The fourth-order valence-electron chi connectivity index (χ4n) is 3.02. The summed E-state index contributed by atoms with van der Waals surface area (Å²) in [6.45, 7) is 5.68. The smallest absolute Gasteiger partial charge is 0.167 e. The van der Waals surface area contributed by atoms with Crippen molar-refractivity contribution in [3.05, 3.63) is 0 Å². The predicted octanol–water partition coefficient (Wildman–Crippen LogP) is 3.14. The zero-order valence-corrected chi connectivity index (χ0v) is 11.0. The Morgan fingerprint density at radius 3 is 2.59 bits per heavy atom. The number of alkyl halides is 1. The van der Waals surface area contributed by atoms with Crippen LogP contribution in [-0.2, 0) is 9.53 Å². The van der Waals surface area contributed by atoms with Gasteiger partial charge in [-0.05, 0) is 31.6 Å². The number of carbonyl (C=O) groups excluding carboxylic acids is 1. The molecule has 3 heteroatoms. The van der Waals surface area contributed by atoms with Gasteiger partial charge in [-0.3, -0.25) is 9.18 Å². The quantitative estimate of drug-likeness (QED) is 0.757. The summed E-state index contributed by atoms with van der Waals surface area (Å²) in [5, 5.41) is 0. The molecule has 3 aliphatic rings. The summed E-state index contributed by atoms with van der Waals surface area (Å²) >= 11 is 0. The monoisotopic (exact) mass is 242 g/mol. The molecule has 2 bridgehead atoms. The van der Waals surface area contributed by atoms with Crippen molar-refractivity contribution in [3.8, 4) is 0 Å². The molecule has 2 aliphatic heterocycles. The number of hydrogen-bond donors (Lipinski definition) is 0. The highest BCUT2D eigenvalue weighted by Crippen LogP contribution is 2.43. The third kappa shape index (κ3) is 2.26. The number of halogens is 1. The van der Waals surface area contributed by atoms with Crippen LogP contribution < -0.4 is 0 Å². The van der Waals surface area contributed by atoms with Gasteiger partial charge in [0.15, 0.2) is 5.78 Å². The average molecular weight is 242 g/mol. The Hall–Kier alpha value is -0.440. The molecule has 98 valence electrons. The van der Waals surface area contributed by atoms with Gasteiger partial charge in [-0.1, -0.05) is 20.8 Å². The molecule has 1 saturated carbocycles. The van der Waals surface area contributed by atoms with Crippen LogP contribution in [0.1, 0.15) is 46.5 Å². The first-order valence-corrected chi connectivity index (χ1v) is 6.75. The molecule has 0 N–H and O–H groups in total. The molecule has 2 nitrogen and oxygen atoms in total. The van der Waals surface area contributed by atoms with Crippen molar-refractivity contribution >= 4 is 5.78 Å². The summed E-state index contributed by atoms with van der Waals surface area (Å²) in [6.07, 6.45) is 3.32. The molecule has 2 heterocycles. The van der Waals surface area contributed by atoms with E-state index in [0.29, 0.717) is 0 Å². The number of ether oxygens (including phenoxy) is 1. The summed E-state index contributed by atoms with van der Waals surface area (Å²) in [5.41, 5.74) is -0.312. The van der Waals surface area contributed by atoms with Gasteiger partial charge >= 0.3 is 0 Å². The largest absolute Gasteiger partial charge is 0.367 e. The Bertz CT molecular complexity index is 301. The van der Waals surface area contributed by atoms with Crippen molar-refractivity contribution in [3.63, 3.8) is 0 Å². The van der Waals surface area contributed by atoms with E-state index in [-0.39, 0.29) is 41.9 Å². The van der Waals surface area contributed by atoms with E-state index >= 15 is 0 Å². The second kappa shape index (κ2) is 4.68. The van der Waals surface area contributed by atoms with Gasteiger partial charge in [-0.25, -0.2) is 0 Å². The SMILES string of the molecule is CCC(C)(C)C(=O)C1OC2CCC1CC2CF. The predicted molar refractivity (Wildman–Crippen MR) is 64.5 cm³/mol. The summed E-state index contributed by atoms with van der Waals surface area (Å²) in [6, 6.07) is 0. The summed E-state index contributed by atoms with van der Waals surface area (Å²) in [7, 11) is 0. The normalized spacial score (nSPS) is 37.2. The molecule has 0 aromatic carbocycles. The first-order valence-electron chi connectivity index (χ1n) is 6.75. The zero-order chi connectivity index (χ0) is 12.6. The number of fused-ring (bicyclic) bond motifs is 3. The zero-order valence-electron chi connectivity index (χ0n) is 11.0. The van der Waals surface area contributed by atoms with Crippen molar-refractivity contribution in [1.29, 1.82) is 0 Å². The highest BCUT2D eigenvalue weighted by atomic mass is 19.1. The van der Waals surface area contributed by atoms with E-state index in [0.717, 1.165) is 25.7 Å². The fourth-order valence-corrected chi connectivity index (χ4v) is 3.02. The highest BCUT2D eigenvalue weighted by molar-refractivity contribution is 5.88. The minimum Gasteiger partial charge on any atom is -0.367 e. The van der Waals surface area contributed by atoms with Crippen LogP contribution in [0.4, 0.5) is 4.39 Å². The summed E-state index contributed by atoms with van der Waals surface area (Å²) in [5.74, 6) is 0.494. The highest BCUT2D eigenvalue weighted by Gasteiger charge is 2.48. The second-order valence-corrected chi connectivity index (χ2v) is 6.18. The van der Waals surface area contributed by atoms with Crippen LogP contribution in [0.3, 0.4) is 0 Å². The molecular weight excluding hydrogens is 219 g/mol. The van der Waals surface area contributed by atoms with Gasteiger partial charge in [0.05, 0.1) is 12.8 Å². The van der Waals surface area contributed by atoms with Gasteiger partial charge in [-0.15, -0.1) is 0 Å². The van der Waals surface area contributed by atoms with Gasteiger partial charge in [0.1, 0.15) is 6.10 Å². The van der Waals surface area contributed by atoms with Crippen molar-refractivity contribution < 1.29 is 13.9 Å². The lowest BCUT2D eigenvalue weighted by Gasteiger charge is -2.47. The standard InChI is InChI=1S/C14H23FO2/c1-4-14(2,3)13(16)12-9-5-6-11(17-12)10(7-9)8-15/h9-12H,4-8H2,1-3H3. The third-order valence-electron chi connectivity index (χ3n) is 4.71. The van der Waals surface area contributed by atoms with E-state index in [1.54, 1.807) is 0 Å². The maximum absolute atomic E-state index is 12.8. The first kappa shape index (κ1) is 13.0. The molecule has 0 spiro atoms. The fraction of sp³-hybridized carbons (Fsp3) is 0.929. The molecule has 3 rings (SSSR count). The second-order valence-electron chi connectivity index (χ2n) is 6.18. The van der Waals surface area contributed by atoms with Crippen LogP contribution in [0.5, 0.6) is 0 Å². The number of rotatable bonds is 4. The lowest BCUT2D eigenvalue weighted by molar-refractivity contribution is -0.180. The lowest BCUT2D eigenvalue weighted by atomic mass is 9.69. The molecule has 0 radical (unpaired) electrons. The molecule has 0 aromatic heterocycles. The Kier molecular flexibility index (Phi) is 3.58. The van der Waals surface area contributed by atoms with Gasteiger partial charge in [0.2, 0.25) is 0 Å². The first-order chi connectivity index (χ1) is 7.99. The molecule has 4 unspecified atom stereocenters. The minimum absolute atomic E-state index is 0.0217. The topological polar surface area (TPSA) is 26.3 Å². The van der Waals surface area contributed by atoms with Gasteiger partial charge in [-0.2, -0.15) is 0 Å². The molecule has 3 fully saturated rings. The van der Waals surface area contributed by atoms with E-state index in [9.17, 15) is 9.18 Å². The van der Waals surface area contributed by atoms with Crippen molar-refractivity contribution in [2.75, 3.05) is 6.67 Å². The van der Waals surface area contributed by atoms with E-state index in [1.165, 1.54) is 0 Å². The van der Waals surface area contributed by atoms with Crippen LogP contribution in [0, 0.1) is 17.3 Å². The molecule has 0 amide bonds. The van der Waals surface area contributed by atoms with E-state index in [1.807, 2.05) is 20.8 Å². The maximum Gasteiger partial charge on any atom is 0.167 e. The molecule has 1 aliphatic carbocycles. The number of Topliss-reactive ketones (excluding diaryl/α,β-unsaturated/α-hetero) is 1. The minimum atomic E-state index is -0.312. The number of ketones is 1. The van der Waals surface area contributed by atoms with Crippen LogP contribution in [-0.4, -0.2) is 24.7 Å².